The van der Waals surface area contributed by atoms with E-state index < -0.39 is 0 Å². The minimum Gasteiger partial charge on any atom is -0.369 e. The summed E-state index contributed by atoms with van der Waals surface area (Å²) in [5.74, 6) is -0.474. The molecular weight excluding hydrogens is 388 g/mol. The lowest BCUT2D eigenvalue weighted by molar-refractivity contribution is -0.123. The summed E-state index contributed by atoms with van der Waals surface area (Å²) in [5, 5.41) is 4.80. The van der Waals surface area contributed by atoms with E-state index in [4.69, 9.17) is 10.8 Å². The van der Waals surface area contributed by atoms with Crippen molar-refractivity contribution in [1.82, 2.24) is 14.7 Å². The summed E-state index contributed by atoms with van der Waals surface area (Å²) in [7, 11) is 0. The van der Waals surface area contributed by atoms with Crippen LogP contribution in [0.25, 0.3) is 11.3 Å². The smallest absolute Gasteiger partial charge is 0.257 e. The van der Waals surface area contributed by atoms with E-state index in [0.29, 0.717) is 43.7 Å². The van der Waals surface area contributed by atoms with Gasteiger partial charge in [0.25, 0.3) is 5.91 Å². The lowest BCUT2D eigenvalue weighted by atomic mass is 9.95. The van der Waals surface area contributed by atoms with Crippen molar-refractivity contribution in [3.63, 3.8) is 0 Å². The number of carbonyl (C=O) groups excluding carboxylic acids is 2. The first kappa shape index (κ1) is 20.8. The average molecular weight is 417 g/mol. The van der Waals surface area contributed by atoms with E-state index in [2.05, 4.69) is 26.0 Å². The maximum atomic E-state index is 13.4. The zero-order valence-corrected chi connectivity index (χ0v) is 18.0. The second-order valence-electron chi connectivity index (χ2n) is 8.34. The van der Waals surface area contributed by atoms with Crippen molar-refractivity contribution in [3.05, 3.63) is 77.0 Å². The highest BCUT2D eigenvalue weighted by Crippen LogP contribution is 2.27. The molecule has 2 aromatic carbocycles. The lowest BCUT2D eigenvalue weighted by Crippen LogP contribution is -2.41. The summed E-state index contributed by atoms with van der Waals surface area (Å²) in [5.41, 5.74) is 11.2. The Kier molecular flexibility index (Phi) is 5.89. The van der Waals surface area contributed by atoms with Gasteiger partial charge in [-0.15, -0.1) is 0 Å². The average Bonchev–Trinajstić information content (AvgIpc) is 3.19. The number of nitrogens with zero attached hydrogens (tertiary/aromatic N) is 3. The predicted molar refractivity (Wildman–Crippen MR) is 121 cm³/mol. The second-order valence-corrected chi connectivity index (χ2v) is 8.34. The molecule has 4 rings (SSSR count). The Bertz CT molecular complexity index is 1100. The molecule has 0 unspecified atom stereocenters. The highest BCUT2D eigenvalue weighted by molar-refractivity contribution is 6.00. The van der Waals surface area contributed by atoms with E-state index >= 15 is 0 Å². The van der Waals surface area contributed by atoms with Crippen molar-refractivity contribution < 1.29 is 9.59 Å². The van der Waals surface area contributed by atoms with Gasteiger partial charge in [-0.2, -0.15) is 5.10 Å². The molecule has 31 heavy (non-hydrogen) atoms. The molecule has 1 fully saturated rings. The van der Waals surface area contributed by atoms with E-state index in [1.165, 1.54) is 5.56 Å². The minimum absolute atomic E-state index is 0.0459. The van der Waals surface area contributed by atoms with Gasteiger partial charge in [0.2, 0.25) is 5.91 Å². The fourth-order valence-electron chi connectivity index (χ4n) is 4.07. The molecule has 1 saturated heterocycles. The molecule has 2 amide bonds. The normalized spacial score (nSPS) is 14.6. The van der Waals surface area contributed by atoms with Crippen LogP contribution in [0.5, 0.6) is 0 Å². The molecule has 6 heteroatoms. The molecule has 0 spiro atoms. The number of hydrogen-bond donors (Lipinski definition) is 1. The van der Waals surface area contributed by atoms with E-state index in [-0.39, 0.29) is 17.7 Å². The first-order valence-electron chi connectivity index (χ1n) is 10.7. The van der Waals surface area contributed by atoms with Gasteiger partial charge in [-0.3, -0.25) is 14.3 Å². The predicted octanol–water partition coefficient (Wildman–Crippen LogP) is 3.55. The Hall–Kier alpha value is -3.41. The Balaban J connectivity index is 1.66. The summed E-state index contributed by atoms with van der Waals surface area (Å²) < 4.78 is 1.84. The number of rotatable bonds is 5. The molecule has 3 aromatic rings. The minimum atomic E-state index is -0.279. The topological polar surface area (TPSA) is 81.2 Å². The van der Waals surface area contributed by atoms with Gasteiger partial charge in [0.15, 0.2) is 0 Å². The third-order valence-corrected chi connectivity index (χ3v) is 6.14. The molecule has 1 aromatic heterocycles. The number of benzene rings is 2. The Labute approximate surface area is 182 Å². The lowest BCUT2D eigenvalue weighted by Gasteiger charge is -2.30. The van der Waals surface area contributed by atoms with Crippen molar-refractivity contribution in [2.75, 3.05) is 13.1 Å². The second kappa shape index (κ2) is 8.76. The van der Waals surface area contributed by atoms with E-state index in [9.17, 15) is 9.59 Å². The Morgan fingerprint density at radius 1 is 1.03 bits per heavy atom. The number of piperidine rings is 1. The summed E-state index contributed by atoms with van der Waals surface area (Å²) in [6, 6.07) is 16.2. The summed E-state index contributed by atoms with van der Waals surface area (Å²) in [4.78, 5) is 26.7. The first-order valence-corrected chi connectivity index (χ1v) is 10.7. The van der Waals surface area contributed by atoms with Gasteiger partial charge in [0, 0.05) is 30.8 Å². The van der Waals surface area contributed by atoms with Crippen LogP contribution in [-0.2, 0) is 11.3 Å². The van der Waals surface area contributed by atoms with Crippen LogP contribution in [-0.4, -0.2) is 39.6 Å². The maximum Gasteiger partial charge on any atom is 0.257 e. The monoisotopic (exact) mass is 416 g/mol. The number of amides is 2. The van der Waals surface area contributed by atoms with Gasteiger partial charge < -0.3 is 10.6 Å². The number of carbonyl (C=O) groups is 2. The van der Waals surface area contributed by atoms with Crippen LogP contribution in [0, 0.1) is 19.8 Å². The van der Waals surface area contributed by atoms with E-state index in [1.807, 2.05) is 52.2 Å². The van der Waals surface area contributed by atoms with Crippen molar-refractivity contribution in [2.45, 2.75) is 33.2 Å². The first-order chi connectivity index (χ1) is 14.9. The molecule has 2 N–H and O–H groups in total. The molecule has 0 radical (unpaired) electrons. The van der Waals surface area contributed by atoms with Gasteiger partial charge in [-0.05, 0) is 49.4 Å². The molecule has 0 atom stereocenters. The number of hydrogen-bond acceptors (Lipinski definition) is 3. The van der Waals surface area contributed by atoms with Crippen molar-refractivity contribution in [3.8, 4) is 11.3 Å². The van der Waals surface area contributed by atoms with Crippen LogP contribution >= 0.6 is 0 Å². The quantitative estimate of drug-likeness (QED) is 0.691. The summed E-state index contributed by atoms with van der Waals surface area (Å²) in [6.07, 6.45) is 3.07. The summed E-state index contributed by atoms with van der Waals surface area (Å²) in [6.45, 7) is 5.79. The largest absolute Gasteiger partial charge is 0.369 e. The third-order valence-electron chi connectivity index (χ3n) is 6.14. The molecule has 0 saturated carbocycles. The molecule has 6 nitrogen and oxygen atoms in total. The molecule has 1 aliphatic heterocycles. The number of nitrogens with two attached hydrogens (primary N) is 1. The molecule has 160 valence electrons. The fourth-order valence-corrected chi connectivity index (χ4v) is 4.07. The van der Waals surface area contributed by atoms with Crippen molar-refractivity contribution in [1.29, 1.82) is 0 Å². The van der Waals surface area contributed by atoms with Crippen LogP contribution < -0.4 is 5.73 Å². The third kappa shape index (κ3) is 4.53. The van der Waals surface area contributed by atoms with Crippen LogP contribution in [0.4, 0.5) is 0 Å². The highest BCUT2D eigenvalue weighted by atomic mass is 16.2. The van der Waals surface area contributed by atoms with Crippen LogP contribution in [0.15, 0.2) is 54.7 Å². The molecule has 0 aliphatic carbocycles. The van der Waals surface area contributed by atoms with E-state index in [0.717, 1.165) is 16.7 Å². The van der Waals surface area contributed by atoms with Crippen LogP contribution in [0.2, 0.25) is 0 Å². The standard InChI is InChI=1S/C25H28N4O2/c1-17-8-9-21(14-18(17)2)23-22(16-29(27-23)15-19-6-4-3-5-7-19)25(31)28-12-10-20(11-13-28)24(26)30/h3-9,14,16,20H,10-13,15H2,1-2H3,(H2,26,30). The van der Waals surface area contributed by atoms with Gasteiger partial charge >= 0.3 is 0 Å². The summed E-state index contributed by atoms with van der Waals surface area (Å²) >= 11 is 0. The van der Waals surface area contributed by atoms with Crippen LogP contribution in [0.3, 0.4) is 0 Å². The van der Waals surface area contributed by atoms with Gasteiger partial charge in [-0.1, -0.05) is 42.5 Å². The van der Waals surface area contributed by atoms with Crippen molar-refractivity contribution in [2.24, 2.45) is 11.7 Å². The fraction of sp³-hybridized carbons (Fsp3) is 0.320. The molecule has 1 aliphatic rings. The Morgan fingerprint density at radius 3 is 2.39 bits per heavy atom. The molecule has 0 bridgehead atoms. The van der Waals surface area contributed by atoms with Crippen LogP contribution in [0.1, 0.15) is 39.9 Å². The van der Waals surface area contributed by atoms with Crippen molar-refractivity contribution >= 4 is 11.8 Å². The number of aryl methyl sites for hydroxylation is 2. The van der Waals surface area contributed by atoms with Gasteiger partial charge in [0.05, 0.1) is 12.1 Å². The number of primary amides is 1. The zero-order chi connectivity index (χ0) is 22.0. The number of likely N-dealkylation sites (tertiary alicyclic amines) is 1. The molecule has 2 heterocycles. The highest BCUT2D eigenvalue weighted by Gasteiger charge is 2.29. The van der Waals surface area contributed by atoms with Gasteiger partial charge in [0.1, 0.15) is 5.69 Å². The van der Waals surface area contributed by atoms with E-state index in [1.54, 1.807) is 0 Å². The molecular formula is C25H28N4O2. The maximum absolute atomic E-state index is 13.4. The van der Waals surface area contributed by atoms with Gasteiger partial charge in [-0.25, -0.2) is 0 Å². The number of aromatic nitrogens is 2. The Morgan fingerprint density at radius 2 is 1.74 bits per heavy atom. The zero-order valence-electron chi connectivity index (χ0n) is 18.0. The SMILES string of the molecule is Cc1ccc(-c2nn(Cc3ccccc3)cc2C(=O)N2CCC(C(N)=O)CC2)cc1C.